The zero-order valence-corrected chi connectivity index (χ0v) is 7.77. The monoisotopic (exact) mass is 212 g/mol. The normalized spacial score (nSPS) is 21.1. The third kappa shape index (κ3) is 1.14. The third-order valence-corrected chi connectivity index (χ3v) is 2.40. The number of halogens is 1. The van der Waals surface area contributed by atoms with E-state index < -0.39 is 0 Å². The Labute approximate surface area is 74.1 Å². The van der Waals surface area contributed by atoms with Crippen molar-refractivity contribution in [1.29, 1.82) is 0 Å². The topological polar surface area (TPSA) is 24.1 Å². The number of hydrogen-bond donors (Lipinski definition) is 2. The highest BCUT2D eigenvalue weighted by atomic mass is 79.9. The lowest BCUT2D eigenvalue weighted by molar-refractivity contribution is 0.687. The van der Waals surface area contributed by atoms with Crippen molar-refractivity contribution in [1.82, 2.24) is 5.43 Å². The fourth-order valence-corrected chi connectivity index (χ4v) is 1.64. The van der Waals surface area contributed by atoms with Crippen LogP contribution in [0.3, 0.4) is 0 Å². The van der Waals surface area contributed by atoms with Gasteiger partial charge in [0, 0.05) is 4.47 Å². The van der Waals surface area contributed by atoms with Gasteiger partial charge in [-0.3, -0.25) is 0 Å². The molecule has 58 valence electrons. The van der Waals surface area contributed by atoms with Crippen LogP contribution >= 0.6 is 15.9 Å². The van der Waals surface area contributed by atoms with Crippen LogP contribution in [0.4, 0.5) is 5.69 Å². The Bertz CT molecular complexity index is 285. The molecule has 2 nitrogen and oxygen atoms in total. The number of benzene rings is 1. The molecule has 3 heteroatoms. The number of hydrazine groups is 1. The lowest BCUT2D eigenvalue weighted by atomic mass is 10.1. The van der Waals surface area contributed by atoms with Crippen molar-refractivity contribution in [3.8, 4) is 0 Å². The van der Waals surface area contributed by atoms with E-state index in [1.54, 1.807) is 0 Å². The van der Waals surface area contributed by atoms with Gasteiger partial charge < -0.3 is 5.43 Å². The highest BCUT2D eigenvalue weighted by Crippen LogP contribution is 2.29. The predicted molar refractivity (Wildman–Crippen MR) is 49.3 cm³/mol. The van der Waals surface area contributed by atoms with Gasteiger partial charge in [0.1, 0.15) is 0 Å². The van der Waals surface area contributed by atoms with Crippen molar-refractivity contribution in [2.45, 2.75) is 13.0 Å². The molecular formula is C8H9BrN2. The molecule has 1 aromatic carbocycles. The fourth-order valence-electron chi connectivity index (χ4n) is 1.28. The van der Waals surface area contributed by atoms with Crippen molar-refractivity contribution >= 4 is 21.6 Å². The molecule has 0 aliphatic carbocycles. The van der Waals surface area contributed by atoms with Crippen LogP contribution in [0.2, 0.25) is 0 Å². The lowest BCUT2D eigenvalue weighted by Gasteiger charge is -2.00. The minimum Gasteiger partial charge on any atom is -0.321 e. The Kier molecular flexibility index (Phi) is 1.62. The summed E-state index contributed by atoms with van der Waals surface area (Å²) in [4.78, 5) is 0. The van der Waals surface area contributed by atoms with Crippen molar-refractivity contribution in [3.63, 3.8) is 0 Å². The van der Waals surface area contributed by atoms with Crippen LogP contribution in [-0.2, 0) is 0 Å². The van der Waals surface area contributed by atoms with Gasteiger partial charge in [-0.15, -0.1) is 0 Å². The van der Waals surface area contributed by atoms with E-state index >= 15 is 0 Å². The Balaban J connectivity index is 2.50. The highest BCUT2D eigenvalue weighted by molar-refractivity contribution is 9.10. The second-order valence-electron chi connectivity index (χ2n) is 2.72. The van der Waals surface area contributed by atoms with Gasteiger partial charge in [0.2, 0.25) is 0 Å². The Morgan fingerprint density at radius 3 is 3.09 bits per heavy atom. The molecule has 1 heterocycles. The predicted octanol–water partition coefficient (Wildman–Crippen LogP) is 2.44. The number of hydrogen-bond acceptors (Lipinski definition) is 2. The first-order chi connectivity index (χ1) is 5.27. The zero-order chi connectivity index (χ0) is 7.84. The molecule has 1 aromatic rings. The van der Waals surface area contributed by atoms with Crippen molar-refractivity contribution < 1.29 is 0 Å². The summed E-state index contributed by atoms with van der Waals surface area (Å²) in [6.07, 6.45) is 0. The molecule has 0 amide bonds. The maximum Gasteiger partial charge on any atom is 0.0547 e. The van der Waals surface area contributed by atoms with Gasteiger partial charge in [0.25, 0.3) is 0 Å². The number of fused-ring (bicyclic) bond motifs is 1. The number of rotatable bonds is 0. The molecule has 1 atom stereocenters. The Morgan fingerprint density at radius 2 is 2.27 bits per heavy atom. The molecule has 0 saturated carbocycles. The molecular weight excluding hydrogens is 204 g/mol. The lowest BCUT2D eigenvalue weighted by Crippen LogP contribution is -2.15. The van der Waals surface area contributed by atoms with Crippen molar-refractivity contribution in [2.75, 3.05) is 5.43 Å². The summed E-state index contributed by atoms with van der Waals surface area (Å²) in [5.74, 6) is 0. The molecule has 0 bridgehead atoms. The van der Waals surface area contributed by atoms with E-state index in [0.717, 1.165) is 4.47 Å². The second-order valence-corrected chi connectivity index (χ2v) is 3.64. The van der Waals surface area contributed by atoms with Crippen LogP contribution in [0.5, 0.6) is 0 Å². The van der Waals surface area contributed by atoms with Crippen LogP contribution < -0.4 is 10.9 Å². The van der Waals surface area contributed by atoms with Gasteiger partial charge in [0.15, 0.2) is 0 Å². The van der Waals surface area contributed by atoms with Gasteiger partial charge in [0.05, 0.1) is 11.7 Å². The Morgan fingerprint density at radius 1 is 1.45 bits per heavy atom. The maximum absolute atomic E-state index is 3.42. The molecule has 11 heavy (non-hydrogen) atoms. The average Bonchev–Trinajstić information content (AvgIpc) is 2.32. The summed E-state index contributed by atoms with van der Waals surface area (Å²) >= 11 is 3.42. The molecule has 1 unspecified atom stereocenters. The summed E-state index contributed by atoms with van der Waals surface area (Å²) in [6.45, 7) is 2.13. The second kappa shape index (κ2) is 2.50. The van der Waals surface area contributed by atoms with Crippen LogP contribution in [0, 0.1) is 0 Å². The highest BCUT2D eigenvalue weighted by Gasteiger charge is 2.16. The van der Waals surface area contributed by atoms with Crippen molar-refractivity contribution in [2.24, 2.45) is 0 Å². The molecule has 0 aromatic heterocycles. The number of nitrogens with one attached hydrogen (secondary N) is 2. The minimum atomic E-state index is 0.415. The van der Waals surface area contributed by atoms with Gasteiger partial charge in [-0.1, -0.05) is 22.0 Å². The van der Waals surface area contributed by atoms with Crippen molar-refractivity contribution in [3.05, 3.63) is 28.2 Å². The molecule has 0 spiro atoms. The smallest absolute Gasteiger partial charge is 0.0547 e. The summed E-state index contributed by atoms with van der Waals surface area (Å²) < 4.78 is 1.11. The van der Waals surface area contributed by atoms with E-state index in [4.69, 9.17) is 0 Å². The first kappa shape index (κ1) is 7.13. The summed E-state index contributed by atoms with van der Waals surface area (Å²) in [6, 6.07) is 6.67. The molecule has 0 fully saturated rings. The number of anilines is 1. The van der Waals surface area contributed by atoms with E-state index in [2.05, 4.69) is 51.9 Å². The first-order valence-electron chi connectivity index (χ1n) is 3.58. The molecule has 2 rings (SSSR count). The quantitative estimate of drug-likeness (QED) is 0.691. The SMILES string of the molecule is CC1NNc2cc(Br)ccc21. The zero-order valence-electron chi connectivity index (χ0n) is 6.19. The molecule has 2 N–H and O–H groups in total. The van der Waals surface area contributed by atoms with Crippen LogP contribution in [0.1, 0.15) is 18.5 Å². The molecule has 0 saturated heterocycles. The molecule has 1 aliphatic heterocycles. The first-order valence-corrected chi connectivity index (χ1v) is 4.37. The van der Waals surface area contributed by atoms with Gasteiger partial charge in [-0.2, -0.15) is 0 Å². The van der Waals surface area contributed by atoms with Gasteiger partial charge in [-0.05, 0) is 24.6 Å². The summed E-state index contributed by atoms with van der Waals surface area (Å²) in [5.41, 5.74) is 8.75. The summed E-state index contributed by atoms with van der Waals surface area (Å²) in [7, 11) is 0. The average molecular weight is 213 g/mol. The summed E-state index contributed by atoms with van der Waals surface area (Å²) in [5, 5.41) is 0. The van der Waals surface area contributed by atoms with E-state index in [1.165, 1.54) is 11.3 Å². The fraction of sp³-hybridized carbons (Fsp3) is 0.250. The van der Waals surface area contributed by atoms with Crippen LogP contribution in [0.25, 0.3) is 0 Å². The van der Waals surface area contributed by atoms with E-state index in [0.29, 0.717) is 6.04 Å². The largest absolute Gasteiger partial charge is 0.321 e. The van der Waals surface area contributed by atoms with E-state index in [1.807, 2.05) is 0 Å². The van der Waals surface area contributed by atoms with Crippen LogP contribution in [0.15, 0.2) is 22.7 Å². The molecule has 0 radical (unpaired) electrons. The van der Waals surface area contributed by atoms with Gasteiger partial charge >= 0.3 is 0 Å². The van der Waals surface area contributed by atoms with E-state index in [-0.39, 0.29) is 0 Å². The standard InChI is InChI=1S/C8H9BrN2/c1-5-7-3-2-6(9)4-8(7)11-10-5/h2-5,10-11H,1H3. The third-order valence-electron chi connectivity index (χ3n) is 1.91. The molecule has 1 aliphatic rings. The minimum absolute atomic E-state index is 0.415. The van der Waals surface area contributed by atoms with Gasteiger partial charge in [-0.25, -0.2) is 5.43 Å². The maximum atomic E-state index is 3.42. The van der Waals surface area contributed by atoms with Crippen LogP contribution in [-0.4, -0.2) is 0 Å². The van der Waals surface area contributed by atoms with E-state index in [9.17, 15) is 0 Å². The Hall–Kier alpha value is -0.540.